The molecule has 0 aliphatic carbocycles. The van der Waals surface area contributed by atoms with Crippen molar-refractivity contribution >= 4 is 33.2 Å². The van der Waals surface area contributed by atoms with Crippen molar-refractivity contribution in [2.75, 3.05) is 6.61 Å². The largest absolute Gasteiger partial charge is 0.368 e. The van der Waals surface area contributed by atoms with Gasteiger partial charge in [-0.25, -0.2) is 9.87 Å². The SMILES string of the molecule is NC(=O)CONC(=O)c1cc2cc(F)ccc2s1. The van der Waals surface area contributed by atoms with E-state index in [9.17, 15) is 14.0 Å². The summed E-state index contributed by atoms with van der Waals surface area (Å²) in [5, 5.41) is 0.639. The minimum atomic E-state index is -0.686. The van der Waals surface area contributed by atoms with Crippen molar-refractivity contribution in [3.05, 3.63) is 35.0 Å². The van der Waals surface area contributed by atoms with Crippen LogP contribution in [0, 0.1) is 5.82 Å². The van der Waals surface area contributed by atoms with Crippen LogP contribution in [0.4, 0.5) is 4.39 Å². The van der Waals surface area contributed by atoms with E-state index in [2.05, 4.69) is 10.3 Å². The van der Waals surface area contributed by atoms with Gasteiger partial charge >= 0.3 is 0 Å². The second kappa shape index (κ2) is 5.11. The fourth-order valence-corrected chi connectivity index (χ4v) is 2.28. The molecule has 0 aliphatic heterocycles. The fraction of sp³-hybridized carbons (Fsp3) is 0.0909. The Morgan fingerprint density at radius 2 is 2.17 bits per heavy atom. The molecule has 1 aromatic heterocycles. The van der Waals surface area contributed by atoms with Crippen molar-refractivity contribution in [1.29, 1.82) is 0 Å². The maximum Gasteiger partial charge on any atom is 0.284 e. The lowest BCUT2D eigenvalue weighted by Gasteiger charge is -2.00. The third-order valence-corrected chi connectivity index (χ3v) is 3.20. The quantitative estimate of drug-likeness (QED) is 0.817. The number of hydroxylamine groups is 1. The van der Waals surface area contributed by atoms with Gasteiger partial charge in [0.25, 0.3) is 5.91 Å². The van der Waals surface area contributed by atoms with Crippen LogP contribution >= 0.6 is 11.3 Å². The molecule has 5 nitrogen and oxygen atoms in total. The molecule has 7 heteroatoms. The van der Waals surface area contributed by atoms with E-state index in [0.717, 1.165) is 4.70 Å². The molecule has 2 aromatic rings. The number of fused-ring (bicyclic) bond motifs is 1. The van der Waals surface area contributed by atoms with Crippen molar-refractivity contribution in [3.8, 4) is 0 Å². The molecule has 0 radical (unpaired) electrons. The number of hydrogen-bond acceptors (Lipinski definition) is 4. The van der Waals surface area contributed by atoms with Gasteiger partial charge in [0.15, 0.2) is 6.61 Å². The summed E-state index contributed by atoms with van der Waals surface area (Å²) in [5.41, 5.74) is 6.92. The highest BCUT2D eigenvalue weighted by Gasteiger charge is 2.11. The lowest BCUT2D eigenvalue weighted by molar-refractivity contribution is -0.124. The number of benzene rings is 1. The van der Waals surface area contributed by atoms with Crippen molar-refractivity contribution in [2.24, 2.45) is 5.73 Å². The zero-order chi connectivity index (χ0) is 13.1. The fourth-order valence-electron chi connectivity index (χ4n) is 1.35. The van der Waals surface area contributed by atoms with Crippen molar-refractivity contribution < 1.29 is 18.8 Å². The van der Waals surface area contributed by atoms with Gasteiger partial charge in [-0.1, -0.05) is 0 Å². The van der Waals surface area contributed by atoms with E-state index in [0.29, 0.717) is 10.3 Å². The van der Waals surface area contributed by atoms with E-state index in [1.807, 2.05) is 0 Å². The van der Waals surface area contributed by atoms with Gasteiger partial charge in [-0.15, -0.1) is 11.3 Å². The lowest BCUT2D eigenvalue weighted by Crippen LogP contribution is -2.28. The summed E-state index contributed by atoms with van der Waals surface area (Å²) in [6.45, 7) is -0.398. The predicted molar refractivity (Wildman–Crippen MR) is 64.4 cm³/mol. The Kier molecular flexibility index (Phi) is 3.54. The van der Waals surface area contributed by atoms with Gasteiger partial charge in [-0.05, 0) is 29.7 Å². The van der Waals surface area contributed by atoms with E-state index in [1.165, 1.54) is 23.5 Å². The van der Waals surface area contributed by atoms with Gasteiger partial charge in [-0.3, -0.25) is 14.4 Å². The van der Waals surface area contributed by atoms with Crippen LogP contribution in [0.3, 0.4) is 0 Å². The molecule has 2 rings (SSSR count). The highest BCUT2D eigenvalue weighted by Crippen LogP contribution is 2.26. The molecule has 0 saturated carbocycles. The summed E-state index contributed by atoms with van der Waals surface area (Å²) < 4.78 is 13.8. The Bertz CT molecular complexity index is 611. The summed E-state index contributed by atoms with van der Waals surface area (Å²) in [6.07, 6.45) is 0. The van der Waals surface area contributed by atoms with Gasteiger partial charge in [0.2, 0.25) is 5.91 Å². The first-order chi connectivity index (χ1) is 8.56. The number of carbonyl (C=O) groups is 2. The minimum absolute atomic E-state index is 0.361. The molecule has 0 aliphatic rings. The first-order valence-electron chi connectivity index (χ1n) is 4.96. The van der Waals surface area contributed by atoms with Crippen LogP contribution < -0.4 is 11.2 Å². The van der Waals surface area contributed by atoms with E-state index in [1.54, 1.807) is 12.1 Å². The summed E-state index contributed by atoms with van der Waals surface area (Å²) in [5.74, 6) is -1.55. The topological polar surface area (TPSA) is 81.4 Å². The molecular weight excluding hydrogens is 259 g/mol. The van der Waals surface area contributed by atoms with Crippen LogP contribution in [0.5, 0.6) is 0 Å². The molecule has 3 N–H and O–H groups in total. The molecule has 0 spiro atoms. The number of halogens is 1. The summed E-state index contributed by atoms with van der Waals surface area (Å²) in [7, 11) is 0. The van der Waals surface area contributed by atoms with Gasteiger partial charge in [0.1, 0.15) is 5.82 Å². The zero-order valence-electron chi connectivity index (χ0n) is 9.10. The molecular formula is C11H9FN2O3S. The molecule has 94 valence electrons. The first kappa shape index (κ1) is 12.5. The van der Waals surface area contributed by atoms with Crippen molar-refractivity contribution in [1.82, 2.24) is 5.48 Å². The Balaban J connectivity index is 2.10. The number of nitrogens with one attached hydrogen (secondary N) is 1. The number of rotatable bonds is 4. The van der Waals surface area contributed by atoms with Gasteiger partial charge in [0, 0.05) is 4.70 Å². The van der Waals surface area contributed by atoms with E-state index in [-0.39, 0.29) is 5.82 Å². The van der Waals surface area contributed by atoms with Gasteiger partial charge < -0.3 is 5.73 Å². The molecule has 1 aromatic carbocycles. The maximum absolute atomic E-state index is 13.0. The molecule has 0 bridgehead atoms. The zero-order valence-corrected chi connectivity index (χ0v) is 9.92. The number of primary amides is 1. The summed E-state index contributed by atoms with van der Waals surface area (Å²) in [6, 6.07) is 5.80. The van der Waals surface area contributed by atoms with Crippen LogP contribution in [0.25, 0.3) is 10.1 Å². The Labute approximate surface area is 105 Å². The Morgan fingerprint density at radius 3 is 2.89 bits per heavy atom. The first-order valence-corrected chi connectivity index (χ1v) is 5.77. The molecule has 0 unspecified atom stereocenters. The number of hydrogen-bond donors (Lipinski definition) is 2. The Hall–Kier alpha value is -1.99. The molecule has 2 amide bonds. The van der Waals surface area contributed by atoms with Crippen LogP contribution in [0.15, 0.2) is 24.3 Å². The number of amides is 2. The minimum Gasteiger partial charge on any atom is -0.368 e. The predicted octanol–water partition coefficient (Wildman–Crippen LogP) is 1.19. The highest BCUT2D eigenvalue weighted by atomic mass is 32.1. The number of thiophene rings is 1. The smallest absolute Gasteiger partial charge is 0.284 e. The van der Waals surface area contributed by atoms with Crippen LogP contribution in [-0.2, 0) is 9.63 Å². The number of carbonyl (C=O) groups excluding carboxylic acids is 2. The second-order valence-corrected chi connectivity index (χ2v) is 4.56. The van der Waals surface area contributed by atoms with Gasteiger partial charge in [-0.2, -0.15) is 0 Å². The van der Waals surface area contributed by atoms with E-state index in [4.69, 9.17) is 5.73 Å². The highest BCUT2D eigenvalue weighted by molar-refractivity contribution is 7.20. The van der Waals surface area contributed by atoms with E-state index >= 15 is 0 Å². The lowest BCUT2D eigenvalue weighted by atomic mass is 10.2. The molecule has 0 fully saturated rings. The average molecular weight is 268 g/mol. The second-order valence-electron chi connectivity index (χ2n) is 3.48. The number of nitrogens with two attached hydrogens (primary N) is 1. The molecule has 1 heterocycles. The van der Waals surface area contributed by atoms with Crippen LogP contribution in [0.1, 0.15) is 9.67 Å². The normalized spacial score (nSPS) is 10.5. The standard InChI is InChI=1S/C11H9FN2O3S/c12-7-1-2-8-6(3-7)4-9(18-8)11(16)14-17-5-10(13)15/h1-4H,5H2,(H2,13,15)(H,14,16). The average Bonchev–Trinajstić information content (AvgIpc) is 2.71. The third kappa shape index (κ3) is 2.82. The van der Waals surface area contributed by atoms with E-state index < -0.39 is 18.4 Å². The van der Waals surface area contributed by atoms with Gasteiger partial charge in [0.05, 0.1) is 4.88 Å². The van der Waals surface area contributed by atoms with Crippen LogP contribution in [0.2, 0.25) is 0 Å². The van der Waals surface area contributed by atoms with Crippen LogP contribution in [-0.4, -0.2) is 18.4 Å². The molecule has 0 saturated heterocycles. The molecule has 0 atom stereocenters. The monoisotopic (exact) mass is 268 g/mol. The Morgan fingerprint density at radius 1 is 1.39 bits per heavy atom. The summed E-state index contributed by atoms with van der Waals surface area (Å²) in [4.78, 5) is 27.0. The van der Waals surface area contributed by atoms with Crippen molar-refractivity contribution in [2.45, 2.75) is 0 Å². The third-order valence-electron chi connectivity index (χ3n) is 2.08. The maximum atomic E-state index is 13.0. The van der Waals surface area contributed by atoms with Crippen molar-refractivity contribution in [3.63, 3.8) is 0 Å². The molecule has 18 heavy (non-hydrogen) atoms. The summed E-state index contributed by atoms with van der Waals surface area (Å²) >= 11 is 1.20.